The van der Waals surface area contributed by atoms with Crippen LogP contribution in [0, 0.1) is 13.8 Å². The van der Waals surface area contributed by atoms with Gasteiger partial charge in [-0.05, 0) is 44.2 Å². The van der Waals surface area contributed by atoms with E-state index in [1.54, 1.807) is 29.7 Å². The molecule has 1 aromatic carbocycles. The van der Waals surface area contributed by atoms with Crippen LogP contribution in [-0.2, 0) is 6.42 Å². The van der Waals surface area contributed by atoms with Gasteiger partial charge in [0.1, 0.15) is 5.01 Å². The summed E-state index contributed by atoms with van der Waals surface area (Å²) in [7, 11) is 0. The molecule has 28 heavy (non-hydrogen) atoms. The number of aromatic nitrogens is 4. The Morgan fingerprint density at radius 2 is 1.86 bits per heavy atom. The van der Waals surface area contributed by atoms with Gasteiger partial charge in [-0.1, -0.05) is 6.07 Å². The van der Waals surface area contributed by atoms with Gasteiger partial charge in [-0.3, -0.25) is 9.78 Å². The zero-order valence-corrected chi connectivity index (χ0v) is 16.5. The Labute approximate surface area is 166 Å². The number of rotatable bonds is 5. The molecule has 0 spiro atoms. The Morgan fingerprint density at radius 1 is 1.04 bits per heavy atom. The molecule has 0 radical (unpaired) electrons. The predicted octanol–water partition coefficient (Wildman–Crippen LogP) is 3.74. The number of fused-ring (bicyclic) bond motifs is 1. The van der Waals surface area contributed by atoms with Crippen molar-refractivity contribution in [3.8, 4) is 10.7 Å². The van der Waals surface area contributed by atoms with Gasteiger partial charge in [-0.2, -0.15) is 0 Å². The maximum absolute atomic E-state index is 12.5. The van der Waals surface area contributed by atoms with E-state index < -0.39 is 0 Å². The first kappa shape index (κ1) is 18.2. The number of amides is 1. The zero-order valence-electron chi connectivity index (χ0n) is 15.6. The number of hydrogen-bond acceptors (Lipinski definition) is 6. The summed E-state index contributed by atoms with van der Waals surface area (Å²) in [6, 6.07) is 11.2. The van der Waals surface area contributed by atoms with Gasteiger partial charge in [0.2, 0.25) is 0 Å². The average molecular weight is 389 g/mol. The summed E-state index contributed by atoms with van der Waals surface area (Å²) in [4.78, 5) is 30.4. The highest BCUT2D eigenvalue weighted by atomic mass is 32.1. The van der Waals surface area contributed by atoms with Crippen LogP contribution in [0.4, 0.5) is 0 Å². The fourth-order valence-corrected chi connectivity index (χ4v) is 3.64. The van der Waals surface area contributed by atoms with E-state index in [0.717, 1.165) is 38.8 Å². The Balaban J connectivity index is 1.39. The van der Waals surface area contributed by atoms with E-state index in [0.29, 0.717) is 18.5 Å². The number of benzene rings is 1. The Bertz CT molecular complexity index is 1140. The lowest BCUT2D eigenvalue weighted by Crippen LogP contribution is -2.25. The van der Waals surface area contributed by atoms with Crippen LogP contribution in [0.25, 0.3) is 21.7 Å². The number of nitrogens with zero attached hydrogens (tertiary/aromatic N) is 4. The summed E-state index contributed by atoms with van der Waals surface area (Å²) in [5.74, 6) is -0.123. The molecule has 0 bridgehead atoms. The Kier molecular flexibility index (Phi) is 5.08. The predicted molar refractivity (Wildman–Crippen MR) is 110 cm³/mol. The summed E-state index contributed by atoms with van der Waals surface area (Å²) in [6.07, 6.45) is 2.42. The number of aryl methyl sites for hydroxylation is 2. The molecule has 140 valence electrons. The summed E-state index contributed by atoms with van der Waals surface area (Å²) in [5, 5.41) is 5.85. The van der Waals surface area contributed by atoms with Crippen molar-refractivity contribution in [1.82, 2.24) is 25.3 Å². The second-order valence-corrected chi connectivity index (χ2v) is 7.32. The standard InChI is InChI=1S/C21H19N5OS/c1-13-14(2)25-19-11-15(6-7-17(19)24-13)20(27)23-10-8-16-12-28-21(26-16)18-5-3-4-9-22-18/h3-7,9,11-12H,8,10H2,1-2H3,(H,23,27). The van der Waals surface area contributed by atoms with Crippen molar-refractivity contribution < 1.29 is 4.79 Å². The van der Waals surface area contributed by atoms with Crippen molar-refractivity contribution in [2.75, 3.05) is 6.54 Å². The molecule has 0 atom stereocenters. The number of thiazole rings is 1. The van der Waals surface area contributed by atoms with E-state index in [9.17, 15) is 4.79 Å². The molecule has 4 rings (SSSR count). The summed E-state index contributed by atoms with van der Waals surface area (Å²) in [5.41, 5.74) is 5.69. The molecule has 3 aromatic heterocycles. The van der Waals surface area contributed by atoms with E-state index in [-0.39, 0.29) is 5.91 Å². The van der Waals surface area contributed by atoms with E-state index >= 15 is 0 Å². The van der Waals surface area contributed by atoms with Crippen molar-refractivity contribution >= 4 is 28.3 Å². The highest BCUT2D eigenvalue weighted by Crippen LogP contribution is 2.21. The summed E-state index contributed by atoms with van der Waals surface area (Å²) >= 11 is 1.56. The molecule has 0 saturated carbocycles. The molecule has 0 unspecified atom stereocenters. The van der Waals surface area contributed by atoms with E-state index in [1.165, 1.54) is 0 Å². The van der Waals surface area contributed by atoms with E-state index in [1.807, 2.05) is 43.5 Å². The highest BCUT2D eigenvalue weighted by molar-refractivity contribution is 7.13. The van der Waals surface area contributed by atoms with Gasteiger partial charge in [-0.25, -0.2) is 15.0 Å². The Hall–Kier alpha value is -3.19. The number of nitrogens with one attached hydrogen (secondary N) is 1. The molecule has 6 nitrogen and oxygen atoms in total. The monoisotopic (exact) mass is 389 g/mol. The van der Waals surface area contributed by atoms with E-state index in [2.05, 4.69) is 25.3 Å². The van der Waals surface area contributed by atoms with Crippen LogP contribution in [-0.4, -0.2) is 32.4 Å². The second kappa shape index (κ2) is 7.82. The van der Waals surface area contributed by atoms with Crippen molar-refractivity contribution in [2.45, 2.75) is 20.3 Å². The smallest absolute Gasteiger partial charge is 0.251 e. The van der Waals surface area contributed by atoms with Crippen LogP contribution < -0.4 is 5.32 Å². The van der Waals surface area contributed by atoms with Crippen molar-refractivity contribution in [3.05, 3.63) is 70.6 Å². The first-order valence-electron chi connectivity index (χ1n) is 8.99. The second-order valence-electron chi connectivity index (χ2n) is 6.46. The first-order valence-corrected chi connectivity index (χ1v) is 9.87. The summed E-state index contributed by atoms with van der Waals surface area (Å²) < 4.78 is 0. The minimum Gasteiger partial charge on any atom is -0.352 e. The topological polar surface area (TPSA) is 80.7 Å². The first-order chi connectivity index (χ1) is 13.6. The number of hydrogen-bond donors (Lipinski definition) is 1. The van der Waals surface area contributed by atoms with Gasteiger partial charge in [0, 0.05) is 30.1 Å². The highest BCUT2D eigenvalue weighted by Gasteiger charge is 2.10. The molecule has 1 N–H and O–H groups in total. The van der Waals surface area contributed by atoms with Crippen molar-refractivity contribution in [3.63, 3.8) is 0 Å². The van der Waals surface area contributed by atoms with Gasteiger partial charge in [0.15, 0.2) is 0 Å². The van der Waals surface area contributed by atoms with Crippen LogP contribution in [0.3, 0.4) is 0 Å². The Morgan fingerprint density at radius 3 is 2.64 bits per heavy atom. The molecule has 0 aliphatic heterocycles. The fraction of sp³-hybridized carbons (Fsp3) is 0.190. The lowest BCUT2D eigenvalue weighted by molar-refractivity contribution is 0.0954. The van der Waals surface area contributed by atoms with Crippen LogP contribution in [0.15, 0.2) is 48.0 Å². The quantitative estimate of drug-likeness (QED) is 0.562. The van der Waals surface area contributed by atoms with Crippen LogP contribution in [0.2, 0.25) is 0 Å². The van der Waals surface area contributed by atoms with Gasteiger partial charge in [0.05, 0.1) is 33.8 Å². The largest absolute Gasteiger partial charge is 0.352 e. The molecule has 7 heteroatoms. The van der Waals surface area contributed by atoms with Crippen LogP contribution in [0.5, 0.6) is 0 Å². The minimum absolute atomic E-state index is 0.123. The molecular weight excluding hydrogens is 370 g/mol. The molecule has 1 amide bonds. The number of carbonyl (C=O) groups is 1. The van der Waals surface area contributed by atoms with Gasteiger partial charge in [-0.15, -0.1) is 11.3 Å². The molecule has 0 saturated heterocycles. The lowest BCUT2D eigenvalue weighted by atomic mass is 10.1. The third kappa shape index (κ3) is 3.89. The molecule has 4 aromatic rings. The SMILES string of the molecule is Cc1nc2ccc(C(=O)NCCc3csc(-c4ccccn4)n3)cc2nc1C. The molecule has 3 heterocycles. The maximum atomic E-state index is 12.5. The molecule has 0 aliphatic carbocycles. The zero-order chi connectivity index (χ0) is 19.5. The third-order valence-electron chi connectivity index (χ3n) is 4.44. The van der Waals surface area contributed by atoms with Crippen molar-refractivity contribution in [2.24, 2.45) is 0 Å². The maximum Gasteiger partial charge on any atom is 0.251 e. The minimum atomic E-state index is -0.123. The van der Waals surface area contributed by atoms with Gasteiger partial charge >= 0.3 is 0 Å². The van der Waals surface area contributed by atoms with Crippen LogP contribution >= 0.6 is 11.3 Å². The van der Waals surface area contributed by atoms with Crippen LogP contribution in [0.1, 0.15) is 27.4 Å². The average Bonchev–Trinajstić information content (AvgIpc) is 3.18. The van der Waals surface area contributed by atoms with Crippen molar-refractivity contribution in [1.29, 1.82) is 0 Å². The summed E-state index contributed by atoms with van der Waals surface area (Å²) in [6.45, 7) is 4.36. The molecule has 0 aliphatic rings. The number of pyridine rings is 1. The lowest BCUT2D eigenvalue weighted by Gasteiger charge is -2.06. The third-order valence-corrected chi connectivity index (χ3v) is 5.35. The molecular formula is C21H19N5OS. The van der Waals surface area contributed by atoms with Gasteiger partial charge < -0.3 is 5.32 Å². The number of carbonyl (C=O) groups excluding carboxylic acids is 1. The fourth-order valence-electron chi connectivity index (χ4n) is 2.81. The van der Waals surface area contributed by atoms with E-state index in [4.69, 9.17) is 0 Å². The van der Waals surface area contributed by atoms with Gasteiger partial charge in [0.25, 0.3) is 5.91 Å². The molecule has 0 fully saturated rings. The normalized spacial score (nSPS) is 10.9.